The molecule has 20 heavy (non-hydrogen) atoms. The van der Waals surface area contributed by atoms with E-state index >= 15 is 0 Å². The van der Waals surface area contributed by atoms with Crippen LogP contribution in [0.1, 0.15) is 12.0 Å². The number of carboxylic acid groups (broad SMARTS) is 1. The molecule has 0 radical (unpaired) electrons. The third kappa shape index (κ3) is 3.53. The lowest BCUT2D eigenvalue weighted by Gasteiger charge is -2.18. The number of nitrogens with zero attached hydrogens (tertiary/aromatic N) is 1. The number of carbonyl (C=O) groups is 2. The van der Waals surface area contributed by atoms with Gasteiger partial charge in [0, 0.05) is 20.1 Å². The Kier molecular flexibility index (Phi) is 4.29. The minimum Gasteiger partial charge on any atom is -0.481 e. The maximum Gasteiger partial charge on any atom is 0.317 e. The number of carbonyl (C=O) groups excluding carboxylic acids is 1. The highest BCUT2D eigenvalue weighted by molar-refractivity contribution is 5.75. The number of amides is 2. The molecule has 0 spiro atoms. The van der Waals surface area contributed by atoms with E-state index in [2.05, 4.69) is 5.32 Å². The summed E-state index contributed by atoms with van der Waals surface area (Å²) in [6, 6.07) is 5.16. The van der Waals surface area contributed by atoms with Crippen LogP contribution in [0.25, 0.3) is 0 Å². The third-order valence-corrected chi connectivity index (χ3v) is 2.82. The Bertz CT molecular complexity index is 517. The average Bonchev–Trinajstić information content (AvgIpc) is 2.85. The minimum absolute atomic E-state index is 0.0936. The predicted molar refractivity (Wildman–Crippen MR) is 69.7 cm³/mol. The molecule has 7 heteroatoms. The van der Waals surface area contributed by atoms with Crippen LogP contribution in [0.3, 0.4) is 0 Å². The van der Waals surface area contributed by atoms with Gasteiger partial charge in [-0.05, 0) is 17.7 Å². The summed E-state index contributed by atoms with van der Waals surface area (Å²) < 4.78 is 10.5. The zero-order valence-corrected chi connectivity index (χ0v) is 11.1. The molecule has 1 heterocycles. The minimum atomic E-state index is -0.941. The number of nitrogens with one attached hydrogen (secondary N) is 1. The highest BCUT2D eigenvalue weighted by Crippen LogP contribution is 2.32. The summed E-state index contributed by atoms with van der Waals surface area (Å²) in [5, 5.41) is 11.0. The number of rotatable bonds is 5. The zero-order chi connectivity index (χ0) is 14.5. The lowest BCUT2D eigenvalue weighted by molar-refractivity contribution is -0.136. The van der Waals surface area contributed by atoms with Crippen LogP contribution in [-0.2, 0) is 11.3 Å². The first-order valence-corrected chi connectivity index (χ1v) is 6.15. The lowest BCUT2D eigenvalue weighted by atomic mass is 10.2. The summed E-state index contributed by atoms with van der Waals surface area (Å²) in [4.78, 5) is 23.6. The summed E-state index contributed by atoms with van der Waals surface area (Å²) in [7, 11) is 1.64. The van der Waals surface area contributed by atoms with Crippen LogP contribution in [0.15, 0.2) is 18.2 Å². The Labute approximate surface area is 116 Å². The number of hydrogen-bond donors (Lipinski definition) is 2. The van der Waals surface area contributed by atoms with Crippen molar-refractivity contribution in [2.24, 2.45) is 0 Å². The first-order valence-electron chi connectivity index (χ1n) is 6.15. The molecular weight excluding hydrogens is 264 g/mol. The van der Waals surface area contributed by atoms with Crippen molar-refractivity contribution in [3.63, 3.8) is 0 Å². The molecule has 0 aliphatic carbocycles. The van der Waals surface area contributed by atoms with Gasteiger partial charge in [0.05, 0.1) is 6.42 Å². The molecule has 0 unspecified atom stereocenters. The normalized spacial score (nSPS) is 12.1. The van der Waals surface area contributed by atoms with E-state index < -0.39 is 5.97 Å². The Morgan fingerprint density at radius 1 is 1.35 bits per heavy atom. The fourth-order valence-electron chi connectivity index (χ4n) is 1.80. The van der Waals surface area contributed by atoms with Gasteiger partial charge in [0.25, 0.3) is 0 Å². The van der Waals surface area contributed by atoms with Crippen molar-refractivity contribution in [3.8, 4) is 11.5 Å². The number of fused-ring (bicyclic) bond motifs is 1. The summed E-state index contributed by atoms with van der Waals surface area (Å²) in [6.07, 6.45) is -0.0936. The maximum absolute atomic E-state index is 11.7. The fourth-order valence-corrected chi connectivity index (χ4v) is 1.80. The van der Waals surface area contributed by atoms with Crippen LogP contribution >= 0.6 is 0 Å². The van der Waals surface area contributed by atoms with Gasteiger partial charge in [-0.2, -0.15) is 0 Å². The van der Waals surface area contributed by atoms with Gasteiger partial charge in [0.2, 0.25) is 6.79 Å². The first kappa shape index (κ1) is 14.0. The topological polar surface area (TPSA) is 88.1 Å². The quantitative estimate of drug-likeness (QED) is 0.841. The predicted octanol–water partition coefficient (Wildman–Crippen LogP) is 1.03. The van der Waals surface area contributed by atoms with Gasteiger partial charge in [0.1, 0.15) is 0 Å². The molecule has 0 fully saturated rings. The van der Waals surface area contributed by atoms with Crippen molar-refractivity contribution in [2.45, 2.75) is 13.0 Å². The van der Waals surface area contributed by atoms with Crippen molar-refractivity contribution >= 4 is 12.0 Å². The number of urea groups is 1. The number of benzene rings is 1. The van der Waals surface area contributed by atoms with E-state index in [1.165, 1.54) is 4.90 Å². The molecule has 0 aromatic heterocycles. The molecule has 1 aromatic rings. The van der Waals surface area contributed by atoms with Crippen molar-refractivity contribution < 1.29 is 24.2 Å². The molecule has 7 nitrogen and oxygen atoms in total. The van der Waals surface area contributed by atoms with E-state index in [9.17, 15) is 9.59 Å². The molecule has 0 bridgehead atoms. The molecule has 1 aliphatic heterocycles. The van der Waals surface area contributed by atoms with Gasteiger partial charge in [-0.25, -0.2) is 4.79 Å². The van der Waals surface area contributed by atoms with Crippen molar-refractivity contribution in [1.82, 2.24) is 10.2 Å². The van der Waals surface area contributed by atoms with E-state index in [-0.39, 0.29) is 25.8 Å². The largest absolute Gasteiger partial charge is 0.481 e. The maximum atomic E-state index is 11.7. The molecule has 2 amide bonds. The van der Waals surface area contributed by atoms with Crippen LogP contribution in [-0.4, -0.2) is 42.4 Å². The second-order valence-corrected chi connectivity index (χ2v) is 4.42. The Hall–Kier alpha value is -2.44. The Morgan fingerprint density at radius 2 is 2.10 bits per heavy atom. The summed E-state index contributed by atoms with van der Waals surface area (Å²) >= 11 is 0. The molecule has 1 aromatic carbocycles. The molecule has 2 N–H and O–H groups in total. The molecule has 0 saturated heterocycles. The number of aliphatic carboxylic acids is 1. The Morgan fingerprint density at radius 3 is 2.85 bits per heavy atom. The van der Waals surface area contributed by atoms with Crippen LogP contribution in [0, 0.1) is 0 Å². The molecule has 0 atom stereocenters. The third-order valence-electron chi connectivity index (χ3n) is 2.82. The van der Waals surface area contributed by atoms with Gasteiger partial charge in [-0.3, -0.25) is 4.79 Å². The van der Waals surface area contributed by atoms with Crippen LogP contribution in [0.5, 0.6) is 11.5 Å². The van der Waals surface area contributed by atoms with E-state index in [0.29, 0.717) is 18.0 Å². The van der Waals surface area contributed by atoms with Gasteiger partial charge < -0.3 is 24.8 Å². The monoisotopic (exact) mass is 280 g/mol. The van der Waals surface area contributed by atoms with Crippen molar-refractivity contribution in [1.29, 1.82) is 0 Å². The summed E-state index contributed by atoms with van der Waals surface area (Å²) in [5.74, 6) is 0.424. The first-order chi connectivity index (χ1) is 9.56. The summed E-state index contributed by atoms with van der Waals surface area (Å²) in [5.41, 5.74) is 0.908. The SMILES string of the molecule is CN(Cc1ccc2c(c1)OCO2)C(=O)NCCC(=O)O. The lowest BCUT2D eigenvalue weighted by Crippen LogP contribution is -2.37. The second-order valence-electron chi connectivity index (χ2n) is 4.42. The van der Waals surface area contributed by atoms with E-state index in [4.69, 9.17) is 14.6 Å². The number of carboxylic acids is 1. The number of hydrogen-bond acceptors (Lipinski definition) is 4. The smallest absolute Gasteiger partial charge is 0.317 e. The van der Waals surface area contributed by atoms with E-state index in [1.807, 2.05) is 12.1 Å². The summed E-state index contributed by atoms with van der Waals surface area (Å²) in [6.45, 7) is 0.722. The zero-order valence-electron chi connectivity index (χ0n) is 11.1. The molecule has 1 aliphatic rings. The molecule has 0 saturated carbocycles. The van der Waals surface area contributed by atoms with Crippen LogP contribution in [0.2, 0.25) is 0 Å². The van der Waals surface area contributed by atoms with Crippen molar-refractivity contribution in [2.75, 3.05) is 20.4 Å². The molecular formula is C13H16N2O5. The Balaban J connectivity index is 1.86. The highest BCUT2D eigenvalue weighted by atomic mass is 16.7. The highest BCUT2D eigenvalue weighted by Gasteiger charge is 2.15. The fraction of sp³-hybridized carbons (Fsp3) is 0.385. The van der Waals surface area contributed by atoms with Gasteiger partial charge in [0.15, 0.2) is 11.5 Å². The number of ether oxygens (including phenoxy) is 2. The van der Waals surface area contributed by atoms with Gasteiger partial charge in [-0.1, -0.05) is 6.07 Å². The van der Waals surface area contributed by atoms with E-state index in [1.54, 1.807) is 13.1 Å². The van der Waals surface area contributed by atoms with Crippen LogP contribution in [0.4, 0.5) is 4.79 Å². The molecule has 108 valence electrons. The van der Waals surface area contributed by atoms with Gasteiger partial charge >= 0.3 is 12.0 Å². The van der Waals surface area contributed by atoms with E-state index in [0.717, 1.165) is 5.56 Å². The standard InChI is InChI=1S/C13H16N2O5/c1-15(13(18)14-5-4-12(16)17)7-9-2-3-10-11(6-9)20-8-19-10/h2-3,6H,4-5,7-8H2,1H3,(H,14,18)(H,16,17). The van der Waals surface area contributed by atoms with Crippen LogP contribution < -0.4 is 14.8 Å². The second kappa shape index (κ2) is 6.14. The molecule has 2 rings (SSSR count). The average molecular weight is 280 g/mol. The van der Waals surface area contributed by atoms with Gasteiger partial charge in [-0.15, -0.1) is 0 Å². The van der Waals surface area contributed by atoms with Crippen molar-refractivity contribution in [3.05, 3.63) is 23.8 Å².